The van der Waals surface area contributed by atoms with Gasteiger partial charge in [0.15, 0.2) is 0 Å². The molecular formula is C14H24O2. The van der Waals surface area contributed by atoms with E-state index in [0.717, 1.165) is 32.3 Å². The first-order valence-corrected chi connectivity index (χ1v) is 6.70. The molecule has 16 heavy (non-hydrogen) atoms. The van der Waals surface area contributed by atoms with Gasteiger partial charge in [-0.1, -0.05) is 13.8 Å². The van der Waals surface area contributed by atoms with Crippen molar-refractivity contribution >= 4 is 5.78 Å². The molecule has 0 N–H and O–H groups in total. The summed E-state index contributed by atoms with van der Waals surface area (Å²) < 4.78 is 5.41. The summed E-state index contributed by atoms with van der Waals surface area (Å²) in [6, 6.07) is 0. The maximum absolute atomic E-state index is 12.3. The molecule has 1 unspecified atom stereocenters. The van der Waals surface area contributed by atoms with Gasteiger partial charge in [0.25, 0.3) is 0 Å². The van der Waals surface area contributed by atoms with E-state index in [0.29, 0.717) is 23.7 Å². The van der Waals surface area contributed by atoms with Crippen LogP contribution in [0.2, 0.25) is 0 Å². The van der Waals surface area contributed by atoms with Gasteiger partial charge < -0.3 is 4.74 Å². The van der Waals surface area contributed by atoms with E-state index in [1.54, 1.807) is 0 Å². The molecule has 2 fully saturated rings. The van der Waals surface area contributed by atoms with Crippen molar-refractivity contribution in [2.75, 3.05) is 13.2 Å². The minimum absolute atomic E-state index is 0.208. The van der Waals surface area contributed by atoms with Gasteiger partial charge in [-0.2, -0.15) is 0 Å². The van der Waals surface area contributed by atoms with Crippen molar-refractivity contribution in [3.05, 3.63) is 0 Å². The fourth-order valence-corrected chi connectivity index (χ4v) is 2.98. The summed E-state index contributed by atoms with van der Waals surface area (Å²) in [5, 5.41) is 0. The second kappa shape index (κ2) is 4.87. The van der Waals surface area contributed by atoms with Crippen LogP contribution in [0.25, 0.3) is 0 Å². The van der Waals surface area contributed by atoms with Crippen molar-refractivity contribution in [2.45, 2.75) is 52.4 Å². The number of rotatable bonds is 2. The first-order chi connectivity index (χ1) is 7.58. The van der Waals surface area contributed by atoms with E-state index in [-0.39, 0.29) is 5.92 Å². The van der Waals surface area contributed by atoms with Gasteiger partial charge in [-0.25, -0.2) is 0 Å². The molecule has 1 aliphatic heterocycles. The number of hydrogen-bond acceptors (Lipinski definition) is 2. The van der Waals surface area contributed by atoms with Crippen LogP contribution in [0.15, 0.2) is 0 Å². The second-order valence-electron chi connectivity index (χ2n) is 6.25. The van der Waals surface area contributed by atoms with Crippen molar-refractivity contribution in [3.8, 4) is 0 Å². The maximum Gasteiger partial charge on any atom is 0.141 e. The van der Waals surface area contributed by atoms with Crippen LogP contribution in [0.5, 0.6) is 0 Å². The van der Waals surface area contributed by atoms with Crippen molar-refractivity contribution in [1.29, 1.82) is 0 Å². The van der Waals surface area contributed by atoms with Gasteiger partial charge >= 0.3 is 0 Å². The lowest BCUT2D eigenvalue weighted by atomic mass is 9.70. The molecule has 0 aromatic carbocycles. The number of ether oxygens (including phenoxy) is 1. The molecule has 2 nitrogen and oxygen atoms in total. The third-order valence-electron chi connectivity index (χ3n) is 4.30. The van der Waals surface area contributed by atoms with E-state index >= 15 is 0 Å². The first-order valence-electron chi connectivity index (χ1n) is 6.70. The quantitative estimate of drug-likeness (QED) is 0.720. The van der Waals surface area contributed by atoms with Gasteiger partial charge in [0.05, 0.1) is 6.61 Å². The molecule has 2 rings (SSSR count). The second-order valence-corrected chi connectivity index (χ2v) is 6.25. The molecule has 1 saturated carbocycles. The fraction of sp³-hybridized carbons (Fsp3) is 0.929. The summed E-state index contributed by atoms with van der Waals surface area (Å²) in [6.07, 6.45) is 6.73. The highest BCUT2D eigenvalue weighted by atomic mass is 16.5. The Morgan fingerprint density at radius 3 is 2.38 bits per heavy atom. The summed E-state index contributed by atoms with van der Waals surface area (Å²) in [7, 11) is 0. The molecule has 0 bridgehead atoms. The highest BCUT2D eigenvalue weighted by molar-refractivity contribution is 5.83. The van der Waals surface area contributed by atoms with Crippen molar-refractivity contribution in [1.82, 2.24) is 0 Å². The third kappa shape index (κ3) is 2.85. The summed E-state index contributed by atoms with van der Waals surface area (Å²) in [5.41, 5.74) is 0.458. The molecule has 1 aliphatic carbocycles. The Labute approximate surface area is 98.7 Å². The molecule has 1 saturated heterocycles. The number of carbonyl (C=O) groups excluding carboxylic acids is 1. The van der Waals surface area contributed by atoms with Gasteiger partial charge in [-0.15, -0.1) is 0 Å². The lowest BCUT2D eigenvalue weighted by Gasteiger charge is -2.35. The monoisotopic (exact) mass is 224 g/mol. The van der Waals surface area contributed by atoms with E-state index in [1.165, 1.54) is 12.8 Å². The minimum atomic E-state index is 0.208. The Morgan fingerprint density at radius 1 is 1.12 bits per heavy atom. The zero-order chi connectivity index (χ0) is 11.6. The molecule has 92 valence electrons. The molecule has 0 radical (unpaired) electrons. The Bertz CT molecular complexity index is 241. The average molecular weight is 224 g/mol. The maximum atomic E-state index is 12.3. The smallest absolute Gasteiger partial charge is 0.141 e. The van der Waals surface area contributed by atoms with E-state index in [1.807, 2.05) is 0 Å². The summed E-state index contributed by atoms with van der Waals surface area (Å²) in [6.45, 7) is 6.16. The van der Waals surface area contributed by atoms with Crippen LogP contribution in [-0.4, -0.2) is 19.0 Å². The average Bonchev–Trinajstić information content (AvgIpc) is 2.29. The Hall–Kier alpha value is -0.370. The molecule has 0 aromatic rings. The van der Waals surface area contributed by atoms with Crippen LogP contribution in [0.1, 0.15) is 52.4 Å². The zero-order valence-electron chi connectivity index (χ0n) is 10.6. The molecular weight excluding hydrogens is 200 g/mol. The largest absolute Gasteiger partial charge is 0.381 e. The van der Waals surface area contributed by atoms with Crippen LogP contribution in [0, 0.1) is 17.3 Å². The minimum Gasteiger partial charge on any atom is -0.381 e. The third-order valence-corrected chi connectivity index (χ3v) is 4.30. The molecule has 0 spiro atoms. The summed E-state index contributed by atoms with van der Waals surface area (Å²) >= 11 is 0. The molecule has 1 atom stereocenters. The van der Waals surface area contributed by atoms with Gasteiger partial charge in [-0.05, 0) is 43.9 Å². The van der Waals surface area contributed by atoms with Crippen LogP contribution >= 0.6 is 0 Å². The van der Waals surface area contributed by atoms with Gasteiger partial charge in [-0.3, -0.25) is 4.79 Å². The van der Waals surface area contributed by atoms with E-state index < -0.39 is 0 Å². The number of Topliss-reactive ketones (excluding diaryl/α,β-unsaturated/α-hetero) is 1. The van der Waals surface area contributed by atoms with Crippen molar-refractivity contribution < 1.29 is 9.53 Å². The number of hydrogen-bond donors (Lipinski definition) is 0. The summed E-state index contributed by atoms with van der Waals surface area (Å²) in [4.78, 5) is 12.3. The van der Waals surface area contributed by atoms with Gasteiger partial charge in [0, 0.05) is 18.4 Å². The standard InChI is InChI=1S/C14H24O2/c1-14(2)7-5-11(6-8-14)13(15)12-4-3-9-16-10-12/h11-12H,3-10H2,1-2H3. The van der Waals surface area contributed by atoms with Crippen LogP contribution in [0.3, 0.4) is 0 Å². The normalized spacial score (nSPS) is 31.2. The Morgan fingerprint density at radius 2 is 1.81 bits per heavy atom. The molecule has 0 aromatic heterocycles. The van der Waals surface area contributed by atoms with E-state index in [4.69, 9.17) is 4.74 Å². The van der Waals surface area contributed by atoms with E-state index in [9.17, 15) is 4.79 Å². The zero-order valence-corrected chi connectivity index (χ0v) is 10.6. The lowest BCUT2D eigenvalue weighted by Crippen LogP contribution is -2.34. The molecule has 0 amide bonds. The van der Waals surface area contributed by atoms with Crippen molar-refractivity contribution in [3.63, 3.8) is 0 Å². The van der Waals surface area contributed by atoms with Gasteiger partial charge in [0.2, 0.25) is 0 Å². The Kier molecular flexibility index (Phi) is 3.68. The molecule has 2 aliphatic rings. The number of ketones is 1. The SMILES string of the molecule is CC1(C)CCC(C(=O)C2CCCOC2)CC1. The fourth-order valence-electron chi connectivity index (χ4n) is 2.98. The molecule has 2 heteroatoms. The predicted molar refractivity (Wildman–Crippen MR) is 64.3 cm³/mol. The van der Waals surface area contributed by atoms with Gasteiger partial charge in [0.1, 0.15) is 5.78 Å². The van der Waals surface area contributed by atoms with Crippen LogP contribution in [-0.2, 0) is 9.53 Å². The van der Waals surface area contributed by atoms with E-state index in [2.05, 4.69) is 13.8 Å². The summed E-state index contributed by atoms with van der Waals surface area (Å²) in [5.74, 6) is 1.04. The highest BCUT2D eigenvalue weighted by Crippen LogP contribution is 2.39. The topological polar surface area (TPSA) is 26.3 Å². The van der Waals surface area contributed by atoms with Crippen LogP contribution < -0.4 is 0 Å². The highest BCUT2D eigenvalue weighted by Gasteiger charge is 2.34. The predicted octanol–water partition coefficient (Wildman–Crippen LogP) is 3.20. The molecule has 1 heterocycles. The lowest BCUT2D eigenvalue weighted by molar-refractivity contribution is -0.132. The van der Waals surface area contributed by atoms with Crippen molar-refractivity contribution in [2.24, 2.45) is 17.3 Å². The number of carbonyl (C=O) groups is 1. The first kappa shape index (κ1) is 12.1. The van der Waals surface area contributed by atoms with Crippen LogP contribution in [0.4, 0.5) is 0 Å². The Balaban J connectivity index is 1.86.